The first kappa shape index (κ1) is 22.7. The van der Waals surface area contributed by atoms with E-state index in [1.807, 2.05) is 0 Å². The molecule has 1 aromatic carbocycles. The molecule has 4 rings (SSSR count). The average Bonchev–Trinajstić information content (AvgIpc) is 3.37. The van der Waals surface area contributed by atoms with E-state index in [9.17, 15) is 0 Å². The number of aromatic nitrogens is 4. The SMILES string of the molecule is CCc1c(-c2nc(-c3ccc(C4CCNCC4)cc3C)no2)nn(CC)c1CC(C)(C)C. The fourth-order valence-corrected chi connectivity index (χ4v) is 4.82. The van der Waals surface area contributed by atoms with E-state index in [-0.39, 0.29) is 5.41 Å². The Morgan fingerprint density at radius 1 is 1.16 bits per heavy atom. The molecule has 1 saturated heterocycles. The molecule has 0 amide bonds. The first-order chi connectivity index (χ1) is 15.3. The fourth-order valence-electron chi connectivity index (χ4n) is 4.82. The van der Waals surface area contributed by atoms with Gasteiger partial charge < -0.3 is 9.84 Å². The van der Waals surface area contributed by atoms with Crippen LogP contribution in [0, 0.1) is 12.3 Å². The van der Waals surface area contributed by atoms with Gasteiger partial charge in [0.15, 0.2) is 5.69 Å². The van der Waals surface area contributed by atoms with E-state index in [1.54, 1.807) is 0 Å². The summed E-state index contributed by atoms with van der Waals surface area (Å²) in [5.41, 5.74) is 7.14. The van der Waals surface area contributed by atoms with Gasteiger partial charge in [0, 0.05) is 23.4 Å². The second kappa shape index (κ2) is 9.18. The van der Waals surface area contributed by atoms with Gasteiger partial charge in [-0.2, -0.15) is 10.1 Å². The number of aryl methyl sites for hydroxylation is 2. The van der Waals surface area contributed by atoms with Gasteiger partial charge in [-0.25, -0.2) is 0 Å². The van der Waals surface area contributed by atoms with Crippen molar-refractivity contribution in [3.8, 4) is 23.0 Å². The summed E-state index contributed by atoms with van der Waals surface area (Å²) in [6.45, 7) is 16.3. The van der Waals surface area contributed by atoms with E-state index in [1.165, 1.54) is 35.2 Å². The molecule has 1 fully saturated rings. The monoisotopic (exact) mass is 435 g/mol. The molecule has 3 heterocycles. The predicted molar refractivity (Wildman–Crippen MR) is 129 cm³/mol. The van der Waals surface area contributed by atoms with Crippen molar-refractivity contribution >= 4 is 0 Å². The summed E-state index contributed by atoms with van der Waals surface area (Å²) in [6.07, 6.45) is 4.25. The van der Waals surface area contributed by atoms with Gasteiger partial charge in [0.2, 0.25) is 5.82 Å². The molecule has 0 spiro atoms. The zero-order chi connectivity index (χ0) is 22.9. The Hall–Kier alpha value is -2.47. The third-order valence-corrected chi connectivity index (χ3v) is 6.45. The lowest BCUT2D eigenvalue weighted by Gasteiger charge is -2.23. The molecule has 1 aliphatic rings. The van der Waals surface area contributed by atoms with Crippen LogP contribution in [-0.4, -0.2) is 33.0 Å². The van der Waals surface area contributed by atoms with Crippen molar-refractivity contribution < 1.29 is 4.52 Å². The highest BCUT2D eigenvalue weighted by Gasteiger charge is 2.25. The molecule has 0 unspecified atom stereocenters. The molecule has 32 heavy (non-hydrogen) atoms. The van der Waals surface area contributed by atoms with Crippen molar-refractivity contribution in [3.05, 3.63) is 40.6 Å². The van der Waals surface area contributed by atoms with Crippen molar-refractivity contribution in [2.75, 3.05) is 13.1 Å². The van der Waals surface area contributed by atoms with Gasteiger partial charge in [-0.1, -0.05) is 51.1 Å². The largest absolute Gasteiger partial charge is 0.332 e. The van der Waals surface area contributed by atoms with Crippen LogP contribution in [0.5, 0.6) is 0 Å². The maximum absolute atomic E-state index is 5.75. The number of nitrogens with zero attached hydrogens (tertiary/aromatic N) is 4. The lowest BCUT2D eigenvalue weighted by molar-refractivity contribution is 0.392. The molecular weight excluding hydrogens is 398 g/mol. The van der Waals surface area contributed by atoms with E-state index in [0.29, 0.717) is 17.6 Å². The molecule has 1 N–H and O–H groups in total. The van der Waals surface area contributed by atoms with Crippen LogP contribution in [0.25, 0.3) is 23.0 Å². The molecule has 0 atom stereocenters. The number of hydrogen-bond acceptors (Lipinski definition) is 5. The second-order valence-corrected chi connectivity index (χ2v) is 10.2. The highest BCUT2D eigenvalue weighted by molar-refractivity contribution is 5.64. The molecule has 6 nitrogen and oxygen atoms in total. The number of hydrogen-bond donors (Lipinski definition) is 1. The van der Waals surface area contributed by atoms with Gasteiger partial charge in [0.1, 0.15) is 0 Å². The Morgan fingerprint density at radius 3 is 2.53 bits per heavy atom. The quantitative estimate of drug-likeness (QED) is 0.550. The Kier molecular flexibility index (Phi) is 6.52. The van der Waals surface area contributed by atoms with Gasteiger partial charge in [-0.15, -0.1) is 0 Å². The van der Waals surface area contributed by atoms with Crippen molar-refractivity contribution in [2.24, 2.45) is 5.41 Å². The van der Waals surface area contributed by atoms with Crippen LogP contribution in [0.4, 0.5) is 0 Å². The number of nitrogens with one attached hydrogen (secondary N) is 1. The smallest absolute Gasteiger partial charge is 0.279 e. The number of benzene rings is 1. The molecule has 2 aromatic heterocycles. The maximum atomic E-state index is 5.75. The Bertz CT molecular complexity index is 1070. The van der Waals surface area contributed by atoms with E-state index in [4.69, 9.17) is 14.6 Å². The number of rotatable bonds is 6. The van der Waals surface area contributed by atoms with Gasteiger partial charge in [0.05, 0.1) is 0 Å². The predicted octanol–water partition coefficient (Wildman–Crippen LogP) is 5.55. The van der Waals surface area contributed by atoms with Crippen LogP contribution < -0.4 is 5.32 Å². The lowest BCUT2D eigenvalue weighted by atomic mass is 9.88. The van der Waals surface area contributed by atoms with Gasteiger partial charge >= 0.3 is 0 Å². The molecule has 1 aliphatic heterocycles. The minimum absolute atomic E-state index is 0.182. The van der Waals surface area contributed by atoms with Crippen molar-refractivity contribution in [1.82, 2.24) is 25.2 Å². The summed E-state index contributed by atoms with van der Waals surface area (Å²) in [5.74, 6) is 1.79. The summed E-state index contributed by atoms with van der Waals surface area (Å²) >= 11 is 0. The minimum atomic E-state index is 0.182. The Morgan fingerprint density at radius 2 is 1.91 bits per heavy atom. The highest BCUT2D eigenvalue weighted by Crippen LogP contribution is 2.33. The van der Waals surface area contributed by atoms with Gasteiger partial charge in [0.25, 0.3) is 5.89 Å². The lowest BCUT2D eigenvalue weighted by Crippen LogP contribution is -2.26. The molecule has 0 saturated carbocycles. The standard InChI is InChI=1S/C26H37N5O/c1-7-20-22(16-26(4,5)6)31(8-2)29-23(20)25-28-24(30-32-25)21-10-9-19(15-17(21)3)18-11-13-27-14-12-18/h9-10,15,18,27H,7-8,11-14,16H2,1-6H3. The van der Waals surface area contributed by atoms with E-state index >= 15 is 0 Å². The van der Waals surface area contributed by atoms with Gasteiger partial charge in [-0.3, -0.25) is 4.68 Å². The molecule has 0 radical (unpaired) electrons. The van der Waals surface area contributed by atoms with E-state index in [2.05, 4.69) is 74.9 Å². The Balaban J connectivity index is 1.66. The normalized spacial score (nSPS) is 15.4. The van der Waals surface area contributed by atoms with Crippen LogP contribution in [0.3, 0.4) is 0 Å². The fraction of sp³-hybridized carbons (Fsp3) is 0.577. The van der Waals surface area contributed by atoms with Crippen molar-refractivity contribution in [3.63, 3.8) is 0 Å². The molecule has 0 aliphatic carbocycles. The molecule has 172 valence electrons. The number of piperidine rings is 1. The molecule has 6 heteroatoms. The maximum Gasteiger partial charge on any atom is 0.279 e. The summed E-state index contributed by atoms with van der Waals surface area (Å²) in [4.78, 5) is 4.78. The van der Waals surface area contributed by atoms with Crippen LogP contribution in [0.1, 0.15) is 75.8 Å². The summed E-state index contributed by atoms with van der Waals surface area (Å²) in [6, 6.07) is 6.68. The zero-order valence-corrected chi connectivity index (χ0v) is 20.5. The van der Waals surface area contributed by atoms with Gasteiger partial charge in [-0.05, 0) is 75.1 Å². The second-order valence-electron chi connectivity index (χ2n) is 10.2. The summed E-state index contributed by atoms with van der Waals surface area (Å²) < 4.78 is 7.85. The molecule has 3 aromatic rings. The average molecular weight is 436 g/mol. The van der Waals surface area contributed by atoms with Crippen molar-refractivity contribution in [1.29, 1.82) is 0 Å². The third-order valence-electron chi connectivity index (χ3n) is 6.45. The first-order valence-corrected chi connectivity index (χ1v) is 12.0. The Labute approximate surface area is 191 Å². The molecular formula is C26H37N5O. The summed E-state index contributed by atoms with van der Waals surface area (Å²) in [7, 11) is 0. The molecule has 0 bridgehead atoms. The minimum Gasteiger partial charge on any atom is -0.332 e. The topological polar surface area (TPSA) is 68.8 Å². The zero-order valence-electron chi connectivity index (χ0n) is 20.5. The van der Waals surface area contributed by atoms with Crippen LogP contribution in [0.15, 0.2) is 22.7 Å². The van der Waals surface area contributed by atoms with E-state index < -0.39 is 0 Å². The summed E-state index contributed by atoms with van der Waals surface area (Å²) in [5, 5.41) is 12.7. The first-order valence-electron chi connectivity index (χ1n) is 12.0. The van der Waals surface area contributed by atoms with Crippen LogP contribution in [0.2, 0.25) is 0 Å². The third kappa shape index (κ3) is 4.65. The van der Waals surface area contributed by atoms with Crippen LogP contribution >= 0.6 is 0 Å². The van der Waals surface area contributed by atoms with E-state index in [0.717, 1.165) is 43.7 Å². The van der Waals surface area contributed by atoms with Crippen LogP contribution in [-0.2, 0) is 19.4 Å². The highest BCUT2D eigenvalue weighted by atomic mass is 16.5. The van der Waals surface area contributed by atoms with Crippen molar-refractivity contribution in [2.45, 2.75) is 79.7 Å².